The minimum atomic E-state index is -0.752. The van der Waals surface area contributed by atoms with Gasteiger partial charge in [0, 0.05) is 13.1 Å². The van der Waals surface area contributed by atoms with E-state index in [1.807, 2.05) is 0 Å². The number of carbonyl (C=O) groups is 1. The molecule has 88 valence electrons. The Bertz CT molecular complexity index is 374. The Balaban J connectivity index is 2.04. The zero-order valence-electron chi connectivity index (χ0n) is 9.50. The highest BCUT2D eigenvalue weighted by molar-refractivity contribution is 5.80. The molecular weight excluding hydrogens is 208 g/mol. The first-order valence-corrected chi connectivity index (χ1v) is 5.35. The van der Waals surface area contributed by atoms with Gasteiger partial charge in [0.05, 0.1) is 5.60 Å². The van der Waals surface area contributed by atoms with Crippen LogP contribution in [0.1, 0.15) is 26.3 Å². The topological polar surface area (TPSA) is 71.2 Å². The van der Waals surface area contributed by atoms with Crippen LogP contribution in [0.5, 0.6) is 0 Å². The van der Waals surface area contributed by atoms with E-state index in [9.17, 15) is 9.90 Å². The Morgan fingerprint density at radius 2 is 2.38 bits per heavy atom. The van der Waals surface area contributed by atoms with E-state index in [0.29, 0.717) is 19.5 Å². The van der Waals surface area contributed by atoms with Gasteiger partial charge in [0.1, 0.15) is 18.7 Å². The Morgan fingerprint density at radius 3 is 2.88 bits per heavy atom. The monoisotopic (exact) mass is 224 g/mol. The molecule has 2 rings (SSSR count). The molecule has 1 aliphatic heterocycles. The summed E-state index contributed by atoms with van der Waals surface area (Å²) in [6, 6.07) is -0.364. The predicted octanol–water partition coefficient (Wildman–Crippen LogP) is -0.178. The Labute approximate surface area is 93.9 Å². The number of hydrogen-bond acceptors (Lipinski definition) is 4. The van der Waals surface area contributed by atoms with Gasteiger partial charge in [0.25, 0.3) is 0 Å². The molecule has 6 heteroatoms. The van der Waals surface area contributed by atoms with Crippen LogP contribution in [0.4, 0.5) is 0 Å². The summed E-state index contributed by atoms with van der Waals surface area (Å²) >= 11 is 0. The molecule has 0 spiro atoms. The molecule has 1 saturated heterocycles. The largest absolute Gasteiger partial charge is 0.388 e. The fraction of sp³-hybridized carbons (Fsp3) is 0.700. The van der Waals surface area contributed by atoms with Crippen LogP contribution in [0, 0.1) is 0 Å². The van der Waals surface area contributed by atoms with Crippen molar-refractivity contribution in [1.82, 2.24) is 19.7 Å². The summed E-state index contributed by atoms with van der Waals surface area (Å²) < 4.78 is 1.52. The number of likely N-dealkylation sites (tertiary alicyclic amines) is 1. The summed E-state index contributed by atoms with van der Waals surface area (Å²) in [7, 11) is 0. The number of aromatic nitrogens is 3. The van der Waals surface area contributed by atoms with Gasteiger partial charge in [-0.15, -0.1) is 0 Å². The highest BCUT2D eigenvalue weighted by Gasteiger charge is 2.35. The standard InChI is InChI=1S/C10H16N4O2/c1-8(14-7-11-6-12-14)9(15)13-4-3-10(2,16)5-13/h6-8,16H,3-5H2,1-2H3. The molecule has 16 heavy (non-hydrogen) atoms. The molecule has 0 saturated carbocycles. The first-order chi connectivity index (χ1) is 7.49. The van der Waals surface area contributed by atoms with Crippen molar-refractivity contribution in [3.63, 3.8) is 0 Å². The summed E-state index contributed by atoms with van der Waals surface area (Å²) in [5, 5.41) is 13.7. The van der Waals surface area contributed by atoms with Crippen molar-refractivity contribution in [2.24, 2.45) is 0 Å². The third-order valence-corrected chi connectivity index (χ3v) is 2.95. The molecule has 2 unspecified atom stereocenters. The van der Waals surface area contributed by atoms with Gasteiger partial charge >= 0.3 is 0 Å². The van der Waals surface area contributed by atoms with Crippen LogP contribution in [-0.4, -0.2) is 49.4 Å². The first kappa shape index (κ1) is 11.1. The van der Waals surface area contributed by atoms with Crippen molar-refractivity contribution in [2.75, 3.05) is 13.1 Å². The average molecular weight is 224 g/mol. The van der Waals surface area contributed by atoms with Crippen LogP contribution < -0.4 is 0 Å². The first-order valence-electron chi connectivity index (χ1n) is 5.35. The maximum atomic E-state index is 12.1. The average Bonchev–Trinajstić information content (AvgIpc) is 2.84. The fourth-order valence-electron chi connectivity index (χ4n) is 1.93. The highest BCUT2D eigenvalue weighted by atomic mass is 16.3. The number of rotatable bonds is 2. The third-order valence-electron chi connectivity index (χ3n) is 2.95. The molecule has 0 bridgehead atoms. The van der Waals surface area contributed by atoms with E-state index < -0.39 is 5.60 Å². The second-order valence-electron chi connectivity index (χ2n) is 4.56. The van der Waals surface area contributed by atoms with Crippen LogP contribution in [0.3, 0.4) is 0 Å². The third kappa shape index (κ3) is 2.06. The Morgan fingerprint density at radius 1 is 1.62 bits per heavy atom. The minimum Gasteiger partial charge on any atom is -0.388 e. The summed E-state index contributed by atoms with van der Waals surface area (Å²) in [5.74, 6) is -0.0247. The van der Waals surface area contributed by atoms with Crippen LogP contribution in [-0.2, 0) is 4.79 Å². The fourth-order valence-corrected chi connectivity index (χ4v) is 1.93. The van der Waals surface area contributed by atoms with Crippen LogP contribution in [0.25, 0.3) is 0 Å². The van der Waals surface area contributed by atoms with Crippen molar-refractivity contribution in [3.8, 4) is 0 Å². The van der Waals surface area contributed by atoms with Crippen molar-refractivity contribution in [1.29, 1.82) is 0 Å². The van der Waals surface area contributed by atoms with Gasteiger partial charge in [0.15, 0.2) is 0 Å². The lowest BCUT2D eigenvalue weighted by atomic mass is 10.1. The van der Waals surface area contributed by atoms with Crippen molar-refractivity contribution in [2.45, 2.75) is 31.9 Å². The second kappa shape index (κ2) is 3.86. The van der Waals surface area contributed by atoms with Gasteiger partial charge in [-0.25, -0.2) is 9.67 Å². The zero-order valence-corrected chi connectivity index (χ0v) is 9.50. The van der Waals surface area contributed by atoms with E-state index in [0.717, 1.165) is 0 Å². The van der Waals surface area contributed by atoms with Gasteiger partial charge in [0.2, 0.25) is 5.91 Å². The lowest BCUT2D eigenvalue weighted by Gasteiger charge is -2.22. The van der Waals surface area contributed by atoms with Crippen molar-refractivity contribution < 1.29 is 9.90 Å². The lowest BCUT2D eigenvalue weighted by Crippen LogP contribution is -2.37. The van der Waals surface area contributed by atoms with E-state index >= 15 is 0 Å². The minimum absolute atomic E-state index is 0.0247. The van der Waals surface area contributed by atoms with Gasteiger partial charge in [-0.2, -0.15) is 5.10 Å². The summed E-state index contributed by atoms with van der Waals surface area (Å²) in [6.45, 7) is 4.53. The maximum Gasteiger partial charge on any atom is 0.247 e. The second-order valence-corrected chi connectivity index (χ2v) is 4.56. The lowest BCUT2D eigenvalue weighted by molar-refractivity contribution is -0.134. The van der Waals surface area contributed by atoms with Crippen molar-refractivity contribution in [3.05, 3.63) is 12.7 Å². The number of hydrogen-bond donors (Lipinski definition) is 1. The predicted molar refractivity (Wildman–Crippen MR) is 56.6 cm³/mol. The van der Waals surface area contributed by atoms with Gasteiger partial charge in [-0.1, -0.05) is 0 Å². The zero-order chi connectivity index (χ0) is 11.8. The van der Waals surface area contributed by atoms with Gasteiger partial charge in [-0.05, 0) is 20.3 Å². The molecule has 0 radical (unpaired) electrons. The van der Waals surface area contributed by atoms with Crippen LogP contribution in [0.15, 0.2) is 12.7 Å². The van der Waals surface area contributed by atoms with E-state index in [4.69, 9.17) is 0 Å². The van der Waals surface area contributed by atoms with E-state index in [2.05, 4.69) is 10.1 Å². The molecule has 2 atom stereocenters. The van der Waals surface area contributed by atoms with E-state index in [1.165, 1.54) is 17.3 Å². The van der Waals surface area contributed by atoms with Crippen LogP contribution in [0.2, 0.25) is 0 Å². The van der Waals surface area contributed by atoms with E-state index in [1.54, 1.807) is 18.7 Å². The summed E-state index contributed by atoms with van der Waals surface area (Å²) in [5.41, 5.74) is -0.752. The molecule has 0 aromatic carbocycles. The number of aliphatic hydroxyl groups is 1. The number of carbonyl (C=O) groups excluding carboxylic acids is 1. The molecule has 1 aromatic rings. The molecule has 1 aliphatic rings. The Kier molecular flexibility index (Phi) is 2.67. The summed E-state index contributed by atoms with van der Waals surface area (Å²) in [4.78, 5) is 17.5. The highest BCUT2D eigenvalue weighted by Crippen LogP contribution is 2.22. The normalized spacial score (nSPS) is 27.1. The molecule has 1 N–H and O–H groups in total. The Hall–Kier alpha value is -1.43. The number of β-amino-alcohol motifs (C(OH)–C–C–N with tert-alkyl or cyclic N) is 1. The number of nitrogens with zero attached hydrogens (tertiary/aromatic N) is 4. The molecule has 1 fully saturated rings. The van der Waals surface area contributed by atoms with E-state index in [-0.39, 0.29) is 11.9 Å². The van der Waals surface area contributed by atoms with Crippen molar-refractivity contribution >= 4 is 5.91 Å². The van der Waals surface area contributed by atoms with Gasteiger partial charge in [-0.3, -0.25) is 4.79 Å². The molecule has 1 aromatic heterocycles. The molecule has 0 aliphatic carbocycles. The van der Waals surface area contributed by atoms with Gasteiger partial charge < -0.3 is 10.0 Å². The molecular formula is C10H16N4O2. The summed E-state index contributed by atoms with van der Waals surface area (Å²) in [6.07, 6.45) is 3.56. The quantitative estimate of drug-likeness (QED) is 0.756. The molecule has 6 nitrogen and oxygen atoms in total. The number of amides is 1. The van der Waals surface area contributed by atoms with Crippen LogP contribution >= 0.6 is 0 Å². The molecule has 1 amide bonds. The maximum absolute atomic E-state index is 12.1. The SMILES string of the molecule is CC(C(=O)N1CCC(C)(O)C1)n1cncn1. The smallest absolute Gasteiger partial charge is 0.247 e. The molecule has 2 heterocycles.